The molecule has 0 radical (unpaired) electrons. The summed E-state index contributed by atoms with van der Waals surface area (Å²) in [6.45, 7) is 4.23. The fraction of sp³-hybridized carbons (Fsp3) is 0.269. The minimum absolute atomic E-state index is 0.139. The van der Waals surface area contributed by atoms with E-state index < -0.39 is 4.75 Å². The lowest BCUT2D eigenvalue weighted by atomic mass is 9.96. The van der Waals surface area contributed by atoms with Crippen LogP contribution < -0.4 is 0 Å². The van der Waals surface area contributed by atoms with Crippen molar-refractivity contribution < 1.29 is 4.79 Å². The van der Waals surface area contributed by atoms with Gasteiger partial charge in [-0.25, -0.2) is 0 Å². The lowest BCUT2D eigenvalue weighted by molar-refractivity contribution is 0.0958. The summed E-state index contributed by atoms with van der Waals surface area (Å²) in [5.41, 5.74) is 4.53. The Morgan fingerprint density at radius 2 is 1.31 bits per heavy atom. The van der Waals surface area contributed by atoms with Gasteiger partial charge in [-0.2, -0.15) is 11.8 Å². The van der Waals surface area contributed by atoms with Crippen LogP contribution in [0.15, 0.2) is 84.9 Å². The second-order valence-corrected chi connectivity index (χ2v) is 10.9. The number of aryl methyl sites for hydroxylation is 1. The van der Waals surface area contributed by atoms with E-state index in [4.69, 9.17) is 0 Å². The minimum Gasteiger partial charge on any atom is -0.288 e. The Balaban J connectivity index is 2.02. The van der Waals surface area contributed by atoms with E-state index in [0.29, 0.717) is 0 Å². The number of thioether (sulfide) groups is 1. The molecule has 0 fully saturated rings. The van der Waals surface area contributed by atoms with Crippen molar-refractivity contribution in [3.63, 3.8) is 0 Å². The van der Waals surface area contributed by atoms with Gasteiger partial charge < -0.3 is 0 Å². The molecule has 0 aliphatic rings. The predicted molar refractivity (Wildman–Crippen MR) is 130 cm³/mol. The molecule has 3 heteroatoms. The third-order valence-electron chi connectivity index (χ3n) is 5.29. The maximum Gasteiger partial charge on any atom is 0.218 e. The Morgan fingerprint density at radius 1 is 0.828 bits per heavy atom. The number of Topliss-reactive ketones (excluding diaryl/α,β-unsaturated/α-hetero) is 1. The van der Waals surface area contributed by atoms with Crippen LogP contribution in [0.4, 0.5) is 0 Å². The molecule has 0 amide bonds. The Morgan fingerprint density at radius 3 is 1.79 bits per heavy atom. The van der Waals surface area contributed by atoms with Gasteiger partial charge in [0.25, 0.3) is 0 Å². The highest BCUT2D eigenvalue weighted by molar-refractivity contribution is 8.02. The van der Waals surface area contributed by atoms with E-state index in [9.17, 15) is 4.79 Å². The van der Waals surface area contributed by atoms with E-state index in [1.54, 1.807) is 11.8 Å². The summed E-state index contributed by atoms with van der Waals surface area (Å²) in [5, 5.41) is 0. The summed E-state index contributed by atoms with van der Waals surface area (Å²) in [6, 6.07) is 29.2. The average molecular weight is 422 g/mol. The Bertz CT molecular complexity index is 882. The van der Waals surface area contributed by atoms with Gasteiger partial charge in [0, 0.05) is 27.6 Å². The standard InChI is InChI=1S/C26H29OS2/c1-21-12-10-11-17-24(21)25(27)26(2,20-28-3)29(18-22-13-6-4-7-14-22)19-23-15-8-5-9-16-23/h4-17H,18-20H2,1-3H3/q+1. The van der Waals surface area contributed by atoms with Crippen molar-refractivity contribution in [2.24, 2.45) is 0 Å². The molecule has 0 N–H and O–H groups in total. The van der Waals surface area contributed by atoms with Crippen LogP contribution in [0.1, 0.15) is 34.0 Å². The number of hydrogen-bond donors (Lipinski definition) is 0. The minimum atomic E-state index is -0.419. The number of ketones is 1. The van der Waals surface area contributed by atoms with Crippen molar-refractivity contribution in [3.05, 3.63) is 107 Å². The van der Waals surface area contributed by atoms with Gasteiger partial charge in [-0.05, 0) is 25.7 Å². The Hall–Kier alpha value is -1.97. The fourth-order valence-electron chi connectivity index (χ4n) is 3.59. The van der Waals surface area contributed by atoms with E-state index in [1.165, 1.54) is 11.1 Å². The molecule has 0 saturated carbocycles. The van der Waals surface area contributed by atoms with Crippen LogP contribution in [0.2, 0.25) is 0 Å². The van der Waals surface area contributed by atoms with Crippen LogP contribution in [0, 0.1) is 6.92 Å². The van der Waals surface area contributed by atoms with E-state index in [1.807, 2.05) is 31.2 Å². The van der Waals surface area contributed by atoms with Crippen LogP contribution in [0.25, 0.3) is 0 Å². The highest BCUT2D eigenvalue weighted by atomic mass is 32.2. The summed E-state index contributed by atoms with van der Waals surface area (Å²) in [7, 11) is -0.139. The molecule has 1 nitrogen and oxygen atoms in total. The first-order chi connectivity index (χ1) is 14.0. The molecule has 1 unspecified atom stereocenters. The third kappa shape index (κ3) is 5.34. The number of benzene rings is 3. The zero-order valence-corrected chi connectivity index (χ0v) is 19.1. The summed E-state index contributed by atoms with van der Waals surface area (Å²) in [4.78, 5) is 13.9. The van der Waals surface area contributed by atoms with Crippen molar-refractivity contribution in [2.75, 3.05) is 12.0 Å². The SMILES string of the molecule is CSCC(C)(C(=O)c1ccccc1C)[S+](Cc1ccccc1)Cc1ccccc1. The molecule has 0 spiro atoms. The largest absolute Gasteiger partial charge is 0.288 e. The van der Waals surface area contributed by atoms with Gasteiger partial charge in [0.05, 0.1) is 5.75 Å². The maximum atomic E-state index is 13.9. The molecular formula is C26H29OS2+. The second-order valence-electron chi connectivity index (χ2n) is 7.56. The van der Waals surface area contributed by atoms with E-state index in [0.717, 1.165) is 28.4 Å². The molecule has 1 atom stereocenters. The van der Waals surface area contributed by atoms with Gasteiger partial charge in [0.15, 0.2) is 4.75 Å². The van der Waals surface area contributed by atoms with Gasteiger partial charge in [-0.1, -0.05) is 84.9 Å². The highest BCUT2D eigenvalue weighted by Gasteiger charge is 2.49. The van der Waals surface area contributed by atoms with Crippen molar-refractivity contribution in [1.82, 2.24) is 0 Å². The molecule has 3 rings (SSSR count). The Kier molecular flexibility index (Phi) is 7.63. The molecule has 0 aromatic heterocycles. The van der Waals surface area contributed by atoms with Crippen LogP contribution in [0.3, 0.4) is 0 Å². The molecular weight excluding hydrogens is 392 g/mol. The average Bonchev–Trinajstić information content (AvgIpc) is 2.75. The van der Waals surface area contributed by atoms with Gasteiger partial charge >= 0.3 is 0 Å². The van der Waals surface area contributed by atoms with E-state index in [-0.39, 0.29) is 16.7 Å². The molecule has 0 aliphatic carbocycles. The van der Waals surface area contributed by atoms with Crippen molar-refractivity contribution in [1.29, 1.82) is 0 Å². The highest BCUT2D eigenvalue weighted by Crippen LogP contribution is 2.34. The maximum absolute atomic E-state index is 13.9. The van der Waals surface area contributed by atoms with Crippen LogP contribution in [0.5, 0.6) is 0 Å². The summed E-state index contributed by atoms with van der Waals surface area (Å²) >= 11 is 1.77. The number of rotatable bonds is 9. The van der Waals surface area contributed by atoms with E-state index >= 15 is 0 Å². The Labute approximate surface area is 182 Å². The van der Waals surface area contributed by atoms with Crippen LogP contribution >= 0.6 is 11.8 Å². The van der Waals surface area contributed by atoms with Gasteiger partial charge in [0.1, 0.15) is 11.5 Å². The molecule has 0 heterocycles. The van der Waals surface area contributed by atoms with Crippen molar-refractivity contribution >= 4 is 28.4 Å². The number of carbonyl (C=O) groups excluding carboxylic acids is 1. The molecule has 3 aromatic rings. The molecule has 3 aromatic carbocycles. The fourth-order valence-corrected chi connectivity index (χ4v) is 7.59. The monoisotopic (exact) mass is 421 g/mol. The first-order valence-corrected chi connectivity index (χ1v) is 12.8. The quantitative estimate of drug-likeness (QED) is 0.297. The first kappa shape index (κ1) is 21.7. The topological polar surface area (TPSA) is 17.1 Å². The normalized spacial score (nSPS) is 13.2. The van der Waals surface area contributed by atoms with Crippen LogP contribution in [-0.4, -0.2) is 22.5 Å². The lowest BCUT2D eigenvalue weighted by Crippen LogP contribution is -2.47. The van der Waals surface area contributed by atoms with Gasteiger partial charge in [-0.15, -0.1) is 0 Å². The zero-order chi connectivity index (χ0) is 20.7. The summed E-state index contributed by atoms with van der Waals surface area (Å²) < 4.78 is -0.419. The smallest absolute Gasteiger partial charge is 0.218 e. The number of hydrogen-bond acceptors (Lipinski definition) is 2. The zero-order valence-electron chi connectivity index (χ0n) is 17.4. The molecule has 150 valence electrons. The summed E-state index contributed by atoms with van der Waals surface area (Å²) in [5.74, 6) is 2.94. The third-order valence-corrected chi connectivity index (χ3v) is 9.31. The van der Waals surface area contributed by atoms with Gasteiger partial charge in [0.2, 0.25) is 5.78 Å². The lowest BCUT2D eigenvalue weighted by Gasteiger charge is -2.29. The predicted octanol–water partition coefficient (Wildman–Crippen LogP) is 6.32. The van der Waals surface area contributed by atoms with E-state index in [2.05, 4.69) is 73.8 Å². The molecule has 29 heavy (non-hydrogen) atoms. The second kappa shape index (κ2) is 10.2. The van der Waals surface area contributed by atoms with Crippen molar-refractivity contribution in [2.45, 2.75) is 30.1 Å². The summed E-state index contributed by atoms with van der Waals surface area (Å²) in [6.07, 6.45) is 2.11. The van der Waals surface area contributed by atoms with Crippen molar-refractivity contribution in [3.8, 4) is 0 Å². The molecule has 0 aliphatic heterocycles. The molecule has 0 bridgehead atoms. The number of carbonyl (C=O) groups is 1. The molecule has 0 saturated heterocycles. The first-order valence-electron chi connectivity index (χ1n) is 9.89. The van der Waals surface area contributed by atoms with Crippen LogP contribution in [-0.2, 0) is 22.4 Å². The van der Waals surface area contributed by atoms with Gasteiger partial charge in [-0.3, -0.25) is 4.79 Å².